The van der Waals surface area contributed by atoms with E-state index in [-0.39, 0.29) is 17.4 Å². The maximum absolute atomic E-state index is 12.2. The molecule has 1 saturated heterocycles. The van der Waals surface area contributed by atoms with Crippen molar-refractivity contribution in [2.45, 2.75) is 58.0 Å². The van der Waals surface area contributed by atoms with Crippen LogP contribution in [-0.2, 0) is 28.6 Å². The molecular formula is C19H24O7. The molecule has 7 atom stereocenters. The summed E-state index contributed by atoms with van der Waals surface area (Å²) < 4.78 is 16.5. The summed E-state index contributed by atoms with van der Waals surface area (Å²) >= 11 is 0. The van der Waals surface area contributed by atoms with E-state index in [9.17, 15) is 19.5 Å². The highest BCUT2D eigenvalue weighted by Gasteiger charge is 2.64. The van der Waals surface area contributed by atoms with Gasteiger partial charge in [-0.05, 0) is 20.3 Å². The molecule has 0 amide bonds. The molecule has 1 N–H and O–H groups in total. The van der Waals surface area contributed by atoms with Gasteiger partial charge in [-0.1, -0.05) is 18.2 Å². The van der Waals surface area contributed by atoms with Gasteiger partial charge in [-0.3, -0.25) is 9.59 Å². The first-order chi connectivity index (χ1) is 12.1. The van der Waals surface area contributed by atoms with Gasteiger partial charge in [0.15, 0.2) is 12.2 Å². The minimum Gasteiger partial charge on any atom is -0.458 e. The molecule has 0 bridgehead atoms. The van der Waals surface area contributed by atoms with E-state index in [0.29, 0.717) is 6.42 Å². The fourth-order valence-electron chi connectivity index (χ4n) is 4.72. The Morgan fingerprint density at radius 1 is 1.27 bits per heavy atom. The highest BCUT2D eigenvalue weighted by Crippen LogP contribution is 2.53. The lowest BCUT2D eigenvalue weighted by molar-refractivity contribution is -0.196. The number of carbonyl (C=O) groups is 3. The Labute approximate surface area is 152 Å². The molecule has 2 aliphatic carbocycles. The van der Waals surface area contributed by atoms with Gasteiger partial charge in [0, 0.05) is 31.3 Å². The highest BCUT2D eigenvalue weighted by molar-refractivity contribution is 5.91. The Balaban J connectivity index is 2.16. The fraction of sp³-hybridized carbons (Fsp3) is 0.632. The maximum atomic E-state index is 12.2. The summed E-state index contributed by atoms with van der Waals surface area (Å²) in [5, 5.41) is 11.4. The molecule has 0 unspecified atom stereocenters. The molecule has 7 nitrogen and oxygen atoms in total. The third-order valence-electron chi connectivity index (χ3n) is 5.84. The molecule has 3 rings (SSSR count). The van der Waals surface area contributed by atoms with Crippen molar-refractivity contribution in [1.29, 1.82) is 0 Å². The third-order valence-corrected chi connectivity index (χ3v) is 5.84. The zero-order valence-electron chi connectivity index (χ0n) is 15.4. The van der Waals surface area contributed by atoms with E-state index < -0.39 is 47.7 Å². The second-order valence-electron chi connectivity index (χ2n) is 7.57. The molecule has 0 aromatic rings. The van der Waals surface area contributed by atoms with Gasteiger partial charge in [-0.25, -0.2) is 4.79 Å². The Morgan fingerprint density at radius 3 is 2.46 bits per heavy atom. The lowest BCUT2D eigenvalue weighted by atomic mass is 9.75. The number of esters is 3. The summed E-state index contributed by atoms with van der Waals surface area (Å²) in [4.78, 5) is 35.7. The predicted octanol–water partition coefficient (Wildman–Crippen LogP) is 1.29. The van der Waals surface area contributed by atoms with Crippen LogP contribution in [0.25, 0.3) is 0 Å². The Kier molecular flexibility index (Phi) is 4.46. The van der Waals surface area contributed by atoms with Crippen molar-refractivity contribution in [2.75, 3.05) is 0 Å². The molecular weight excluding hydrogens is 340 g/mol. The Morgan fingerprint density at radius 2 is 1.88 bits per heavy atom. The van der Waals surface area contributed by atoms with Crippen LogP contribution in [0.5, 0.6) is 0 Å². The van der Waals surface area contributed by atoms with Crippen molar-refractivity contribution in [2.24, 2.45) is 17.8 Å². The molecule has 0 radical (unpaired) electrons. The first kappa shape index (κ1) is 18.6. The zero-order valence-corrected chi connectivity index (χ0v) is 15.4. The standard InChI is InChI=1S/C19H24O7/c1-8-6-7-12-13(8)15-14(9(2)18(22)26-15)16(24-10(3)20)17(19(12,5)23)25-11(4)21/h6,12-17,23H,2,7H2,1,3-5H3/t12-,13+,14-,15-,16-,17-,19+/m1/s1. The van der Waals surface area contributed by atoms with Crippen LogP contribution < -0.4 is 0 Å². The van der Waals surface area contributed by atoms with Crippen LogP contribution in [-0.4, -0.2) is 46.9 Å². The van der Waals surface area contributed by atoms with Crippen LogP contribution in [0.2, 0.25) is 0 Å². The number of ether oxygens (including phenoxy) is 3. The molecule has 2 fully saturated rings. The van der Waals surface area contributed by atoms with Crippen molar-refractivity contribution in [1.82, 2.24) is 0 Å². The van der Waals surface area contributed by atoms with Gasteiger partial charge in [0.05, 0.1) is 5.92 Å². The molecule has 3 aliphatic rings. The van der Waals surface area contributed by atoms with Crippen LogP contribution in [0.1, 0.15) is 34.1 Å². The first-order valence-corrected chi connectivity index (χ1v) is 8.69. The number of aliphatic hydroxyl groups is 1. The topological polar surface area (TPSA) is 99.1 Å². The van der Waals surface area contributed by atoms with E-state index in [4.69, 9.17) is 14.2 Å². The van der Waals surface area contributed by atoms with Crippen molar-refractivity contribution in [3.8, 4) is 0 Å². The second-order valence-corrected chi connectivity index (χ2v) is 7.57. The van der Waals surface area contributed by atoms with E-state index in [0.717, 1.165) is 5.57 Å². The summed E-state index contributed by atoms with van der Waals surface area (Å²) in [7, 11) is 0. The lowest BCUT2D eigenvalue weighted by Crippen LogP contribution is -2.55. The Hall–Kier alpha value is -2.15. The predicted molar refractivity (Wildman–Crippen MR) is 89.6 cm³/mol. The molecule has 1 saturated carbocycles. The Bertz CT molecular complexity index is 705. The smallest absolute Gasteiger partial charge is 0.334 e. The van der Waals surface area contributed by atoms with Gasteiger partial charge >= 0.3 is 17.9 Å². The van der Waals surface area contributed by atoms with E-state index >= 15 is 0 Å². The van der Waals surface area contributed by atoms with Gasteiger partial charge in [0.1, 0.15) is 11.7 Å². The lowest BCUT2D eigenvalue weighted by Gasteiger charge is -2.40. The summed E-state index contributed by atoms with van der Waals surface area (Å²) in [6.07, 6.45) is -0.297. The van der Waals surface area contributed by atoms with Gasteiger partial charge in [0.2, 0.25) is 0 Å². The number of fused-ring (bicyclic) bond motifs is 3. The zero-order chi connectivity index (χ0) is 19.4. The van der Waals surface area contributed by atoms with E-state index in [2.05, 4.69) is 6.58 Å². The average molecular weight is 364 g/mol. The van der Waals surface area contributed by atoms with Crippen LogP contribution in [0, 0.1) is 17.8 Å². The van der Waals surface area contributed by atoms with Crippen LogP contribution in [0.15, 0.2) is 23.8 Å². The molecule has 1 aliphatic heterocycles. The van der Waals surface area contributed by atoms with Crippen LogP contribution >= 0.6 is 0 Å². The normalized spacial score (nSPS) is 41.5. The SMILES string of the molecule is C=C1C(=O)O[C@H]2[C@@H]1[C@@H](OC(C)=O)[C@@H](OC(C)=O)[C@@](C)(O)[C@@H]1CC=C(C)[C@H]21. The molecule has 26 heavy (non-hydrogen) atoms. The van der Waals surface area contributed by atoms with Gasteiger partial charge in [0.25, 0.3) is 0 Å². The van der Waals surface area contributed by atoms with Crippen molar-refractivity contribution in [3.05, 3.63) is 23.8 Å². The third kappa shape index (κ3) is 2.74. The van der Waals surface area contributed by atoms with Gasteiger partial charge in [-0.15, -0.1) is 0 Å². The van der Waals surface area contributed by atoms with Gasteiger partial charge < -0.3 is 19.3 Å². The van der Waals surface area contributed by atoms with Gasteiger partial charge in [-0.2, -0.15) is 0 Å². The highest BCUT2D eigenvalue weighted by atomic mass is 16.6. The largest absolute Gasteiger partial charge is 0.458 e. The minimum absolute atomic E-state index is 0.162. The number of rotatable bonds is 2. The molecule has 0 spiro atoms. The minimum atomic E-state index is -1.48. The number of hydrogen-bond donors (Lipinski definition) is 1. The van der Waals surface area contributed by atoms with E-state index in [1.54, 1.807) is 6.92 Å². The summed E-state index contributed by atoms with van der Waals surface area (Å²) in [5.74, 6) is -3.08. The van der Waals surface area contributed by atoms with Crippen molar-refractivity contribution < 1.29 is 33.7 Å². The first-order valence-electron chi connectivity index (χ1n) is 8.69. The van der Waals surface area contributed by atoms with Crippen molar-refractivity contribution in [3.63, 3.8) is 0 Å². The van der Waals surface area contributed by atoms with E-state index in [1.807, 2.05) is 13.0 Å². The summed E-state index contributed by atoms with van der Waals surface area (Å²) in [6.45, 7) is 9.76. The fourth-order valence-corrected chi connectivity index (χ4v) is 4.72. The van der Waals surface area contributed by atoms with E-state index in [1.165, 1.54) is 13.8 Å². The number of hydrogen-bond acceptors (Lipinski definition) is 7. The van der Waals surface area contributed by atoms with Crippen molar-refractivity contribution >= 4 is 17.9 Å². The number of allylic oxidation sites excluding steroid dienone is 1. The maximum Gasteiger partial charge on any atom is 0.334 e. The number of carbonyl (C=O) groups excluding carboxylic acids is 3. The summed E-state index contributed by atoms with van der Waals surface area (Å²) in [6, 6.07) is 0. The molecule has 7 heteroatoms. The molecule has 142 valence electrons. The van der Waals surface area contributed by atoms with Crippen LogP contribution in [0.4, 0.5) is 0 Å². The molecule has 0 aromatic heterocycles. The quantitative estimate of drug-likeness (QED) is 0.341. The monoisotopic (exact) mass is 364 g/mol. The summed E-state index contributed by atoms with van der Waals surface area (Å²) in [5.41, 5.74) is -0.339. The second kappa shape index (κ2) is 6.23. The van der Waals surface area contributed by atoms with Crippen LogP contribution in [0.3, 0.4) is 0 Å². The molecule has 1 heterocycles. The average Bonchev–Trinajstić information content (AvgIpc) is 3.01. The molecule has 0 aromatic carbocycles.